The number of nitrogens with one attached hydrogen (secondary N) is 1. The van der Waals surface area contributed by atoms with Crippen molar-refractivity contribution in [1.29, 1.82) is 0 Å². The van der Waals surface area contributed by atoms with Crippen molar-refractivity contribution in [3.05, 3.63) is 132 Å². The van der Waals surface area contributed by atoms with Crippen molar-refractivity contribution < 1.29 is 14.0 Å². The first-order chi connectivity index (χ1) is 17.2. The molecular formula is C30H30N2O3. The minimum absolute atomic E-state index is 0.0493. The summed E-state index contributed by atoms with van der Waals surface area (Å²) in [5, 5.41) is 2.97. The van der Waals surface area contributed by atoms with Gasteiger partial charge in [-0.15, -0.1) is 0 Å². The van der Waals surface area contributed by atoms with Crippen LogP contribution in [0.4, 0.5) is 0 Å². The molecule has 0 fully saturated rings. The highest BCUT2D eigenvalue weighted by Crippen LogP contribution is 2.17. The molecule has 0 aliphatic carbocycles. The normalized spacial score (nSPS) is 11.5. The summed E-state index contributed by atoms with van der Waals surface area (Å²) in [6.45, 7) is 0.634. The molecule has 4 rings (SSSR count). The first kappa shape index (κ1) is 24.0. The number of aryl methyl sites for hydroxylation is 1. The van der Waals surface area contributed by atoms with E-state index in [1.54, 1.807) is 17.2 Å². The molecule has 0 saturated heterocycles. The molecule has 1 heterocycles. The Labute approximate surface area is 206 Å². The monoisotopic (exact) mass is 466 g/mol. The summed E-state index contributed by atoms with van der Waals surface area (Å²) < 4.78 is 5.38. The van der Waals surface area contributed by atoms with Crippen LogP contribution in [0, 0.1) is 0 Å². The SMILES string of the molecule is O=C(NCc1ccco1)[C@@H](Cc1ccccc1)N(Cc1ccccc1)C(=O)CCc1ccccc1. The van der Waals surface area contributed by atoms with Gasteiger partial charge in [0.15, 0.2) is 0 Å². The van der Waals surface area contributed by atoms with Gasteiger partial charge in [-0.3, -0.25) is 9.59 Å². The van der Waals surface area contributed by atoms with Crippen LogP contribution in [0.5, 0.6) is 0 Å². The Morgan fingerprint density at radius 1 is 0.743 bits per heavy atom. The summed E-state index contributed by atoms with van der Waals surface area (Å²) >= 11 is 0. The molecule has 2 amide bonds. The van der Waals surface area contributed by atoms with E-state index in [9.17, 15) is 9.59 Å². The van der Waals surface area contributed by atoms with Gasteiger partial charge in [-0.25, -0.2) is 0 Å². The van der Waals surface area contributed by atoms with E-state index in [2.05, 4.69) is 5.32 Å². The summed E-state index contributed by atoms with van der Waals surface area (Å²) in [6, 6.07) is 32.5. The number of carbonyl (C=O) groups excluding carboxylic acids is 2. The predicted octanol–water partition coefficient (Wildman–Crippen LogP) is 5.17. The lowest BCUT2D eigenvalue weighted by molar-refractivity contribution is -0.141. The maximum Gasteiger partial charge on any atom is 0.243 e. The van der Waals surface area contributed by atoms with Gasteiger partial charge < -0.3 is 14.6 Å². The fourth-order valence-corrected chi connectivity index (χ4v) is 4.08. The van der Waals surface area contributed by atoms with Gasteiger partial charge in [0.1, 0.15) is 11.8 Å². The van der Waals surface area contributed by atoms with Crippen molar-refractivity contribution in [2.75, 3.05) is 0 Å². The van der Waals surface area contributed by atoms with Gasteiger partial charge in [0, 0.05) is 19.4 Å². The van der Waals surface area contributed by atoms with Crippen LogP contribution in [0.3, 0.4) is 0 Å². The molecule has 1 aromatic heterocycles. The fourth-order valence-electron chi connectivity index (χ4n) is 4.08. The number of hydrogen-bond donors (Lipinski definition) is 1. The first-order valence-electron chi connectivity index (χ1n) is 11.9. The number of rotatable bonds is 11. The molecule has 0 spiro atoms. The van der Waals surface area contributed by atoms with Gasteiger partial charge in [-0.2, -0.15) is 0 Å². The Morgan fingerprint density at radius 2 is 1.34 bits per heavy atom. The van der Waals surface area contributed by atoms with E-state index in [4.69, 9.17) is 4.42 Å². The minimum atomic E-state index is -0.657. The van der Waals surface area contributed by atoms with Crippen molar-refractivity contribution in [2.45, 2.75) is 38.4 Å². The zero-order chi connectivity index (χ0) is 24.3. The first-order valence-corrected chi connectivity index (χ1v) is 11.9. The van der Waals surface area contributed by atoms with E-state index in [-0.39, 0.29) is 18.4 Å². The molecule has 5 nitrogen and oxygen atoms in total. The van der Waals surface area contributed by atoms with E-state index in [0.717, 1.165) is 16.7 Å². The van der Waals surface area contributed by atoms with E-state index in [1.165, 1.54) is 0 Å². The lowest BCUT2D eigenvalue weighted by Crippen LogP contribution is -2.50. The largest absolute Gasteiger partial charge is 0.467 e. The lowest BCUT2D eigenvalue weighted by atomic mass is 10.0. The molecule has 0 radical (unpaired) electrons. The van der Waals surface area contributed by atoms with Crippen molar-refractivity contribution in [3.8, 4) is 0 Å². The Bertz CT molecular complexity index is 1180. The smallest absolute Gasteiger partial charge is 0.243 e. The second-order valence-corrected chi connectivity index (χ2v) is 8.50. The second kappa shape index (κ2) is 12.4. The zero-order valence-corrected chi connectivity index (χ0v) is 19.7. The topological polar surface area (TPSA) is 62.6 Å². The molecule has 0 saturated carbocycles. The van der Waals surface area contributed by atoms with Gasteiger partial charge >= 0.3 is 0 Å². The predicted molar refractivity (Wildman–Crippen MR) is 136 cm³/mol. The van der Waals surface area contributed by atoms with Gasteiger partial charge in [0.25, 0.3) is 0 Å². The zero-order valence-electron chi connectivity index (χ0n) is 19.7. The summed E-state index contributed by atoms with van der Waals surface area (Å²) in [6.07, 6.45) is 2.96. The average molecular weight is 467 g/mol. The highest BCUT2D eigenvalue weighted by Gasteiger charge is 2.30. The fraction of sp³-hybridized carbons (Fsp3) is 0.200. The van der Waals surface area contributed by atoms with Crippen molar-refractivity contribution in [3.63, 3.8) is 0 Å². The third-order valence-electron chi connectivity index (χ3n) is 5.95. The van der Waals surface area contributed by atoms with Gasteiger partial charge in [0.2, 0.25) is 11.8 Å². The minimum Gasteiger partial charge on any atom is -0.467 e. The quantitative estimate of drug-likeness (QED) is 0.332. The molecule has 0 aliphatic heterocycles. The number of furan rings is 1. The average Bonchev–Trinajstić information content (AvgIpc) is 3.43. The van der Waals surface area contributed by atoms with Crippen LogP contribution >= 0.6 is 0 Å². The third-order valence-corrected chi connectivity index (χ3v) is 5.95. The molecule has 0 aliphatic rings. The maximum absolute atomic E-state index is 13.6. The van der Waals surface area contributed by atoms with E-state index in [1.807, 2.05) is 97.1 Å². The van der Waals surface area contributed by atoms with Crippen molar-refractivity contribution in [1.82, 2.24) is 10.2 Å². The van der Waals surface area contributed by atoms with Gasteiger partial charge in [-0.1, -0.05) is 91.0 Å². The maximum atomic E-state index is 13.6. The molecule has 3 aromatic carbocycles. The highest BCUT2D eigenvalue weighted by atomic mass is 16.3. The summed E-state index contributed by atoms with van der Waals surface area (Å²) in [5.74, 6) is 0.419. The van der Waals surface area contributed by atoms with Crippen molar-refractivity contribution >= 4 is 11.8 Å². The number of carbonyl (C=O) groups is 2. The highest BCUT2D eigenvalue weighted by molar-refractivity contribution is 5.88. The number of hydrogen-bond acceptors (Lipinski definition) is 3. The molecule has 35 heavy (non-hydrogen) atoms. The molecule has 4 aromatic rings. The lowest BCUT2D eigenvalue weighted by Gasteiger charge is -2.31. The summed E-state index contributed by atoms with van der Waals surface area (Å²) in [5.41, 5.74) is 3.08. The Balaban J connectivity index is 1.58. The summed E-state index contributed by atoms with van der Waals surface area (Å²) in [7, 11) is 0. The Morgan fingerprint density at radius 3 is 1.94 bits per heavy atom. The van der Waals surface area contributed by atoms with Crippen LogP contribution < -0.4 is 5.32 Å². The number of amides is 2. The Kier molecular flexibility index (Phi) is 8.49. The molecule has 178 valence electrons. The van der Waals surface area contributed by atoms with Crippen molar-refractivity contribution in [2.24, 2.45) is 0 Å². The number of nitrogens with zero attached hydrogens (tertiary/aromatic N) is 1. The van der Waals surface area contributed by atoms with Crippen LogP contribution in [-0.2, 0) is 35.5 Å². The van der Waals surface area contributed by atoms with Gasteiger partial charge in [-0.05, 0) is 35.2 Å². The van der Waals surface area contributed by atoms with Crippen LogP contribution in [0.2, 0.25) is 0 Å². The molecule has 5 heteroatoms. The third kappa shape index (κ3) is 7.18. The van der Waals surface area contributed by atoms with E-state index >= 15 is 0 Å². The Hall–Kier alpha value is -4.12. The van der Waals surface area contributed by atoms with E-state index < -0.39 is 6.04 Å². The number of benzene rings is 3. The molecule has 0 bridgehead atoms. The van der Waals surface area contributed by atoms with Crippen LogP contribution in [-0.4, -0.2) is 22.8 Å². The van der Waals surface area contributed by atoms with Crippen LogP contribution in [0.25, 0.3) is 0 Å². The molecule has 1 N–H and O–H groups in total. The molecule has 1 atom stereocenters. The molecular weight excluding hydrogens is 436 g/mol. The van der Waals surface area contributed by atoms with Crippen LogP contribution in [0.15, 0.2) is 114 Å². The van der Waals surface area contributed by atoms with E-state index in [0.29, 0.717) is 31.6 Å². The van der Waals surface area contributed by atoms with Gasteiger partial charge in [0.05, 0.1) is 12.8 Å². The van der Waals surface area contributed by atoms with Crippen LogP contribution in [0.1, 0.15) is 28.9 Å². The summed E-state index contributed by atoms with van der Waals surface area (Å²) in [4.78, 5) is 28.8. The second-order valence-electron chi connectivity index (χ2n) is 8.50. The standard InChI is InChI=1S/C30H30N2O3/c33-29(19-18-24-11-4-1-5-12-24)32(23-26-15-8-3-9-16-26)28(21-25-13-6-2-7-14-25)30(34)31-22-27-17-10-20-35-27/h1-17,20,28H,18-19,21-23H2,(H,31,34)/t28-/m1/s1. The molecule has 0 unspecified atom stereocenters.